The SMILES string of the molecule is COc1ccc(/C=N\Nc2nc(-c3ccc(NC(=O)c4ccccc4)cc3)cs2)cc1. The number of carbonyl (C=O) groups is 1. The molecule has 0 saturated heterocycles. The van der Waals surface area contributed by atoms with E-state index in [9.17, 15) is 4.79 Å². The van der Waals surface area contributed by atoms with Gasteiger partial charge in [0.05, 0.1) is 19.0 Å². The third kappa shape index (κ3) is 5.34. The predicted molar refractivity (Wildman–Crippen MR) is 126 cm³/mol. The minimum atomic E-state index is -0.136. The summed E-state index contributed by atoms with van der Waals surface area (Å²) < 4.78 is 5.15. The molecule has 0 atom stereocenters. The van der Waals surface area contributed by atoms with Crippen molar-refractivity contribution >= 4 is 34.3 Å². The van der Waals surface area contributed by atoms with Gasteiger partial charge in [-0.2, -0.15) is 5.10 Å². The molecule has 31 heavy (non-hydrogen) atoms. The van der Waals surface area contributed by atoms with Crippen LogP contribution in [0.2, 0.25) is 0 Å². The van der Waals surface area contributed by atoms with Gasteiger partial charge in [-0.3, -0.25) is 10.2 Å². The van der Waals surface area contributed by atoms with Crippen LogP contribution < -0.4 is 15.5 Å². The van der Waals surface area contributed by atoms with Crippen molar-refractivity contribution in [3.63, 3.8) is 0 Å². The number of thiazole rings is 1. The maximum Gasteiger partial charge on any atom is 0.255 e. The van der Waals surface area contributed by atoms with Gasteiger partial charge in [0.2, 0.25) is 5.13 Å². The number of anilines is 2. The van der Waals surface area contributed by atoms with Crippen LogP contribution >= 0.6 is 11.3 Å². The first-order valence-corrected chi connectivity index (χ1v) is 10.4. The highest BCUT2D eigenvalue weighted by Crippen LogP contribution is 2.26. The molecule has 0 fully saturated rings. The molecule has 0 radical (unpaired) electrons. The summed E-state index contributed by atoms with van der Waals surface area (Å²) in [6.45, 7) is 0. The largest absolute Gasteiger partial charge is 0.497 e. The Morgan fingerprint density at radius 3 is 2.45 bits per heavy atom. The molecule has 2 N–H and O–H groups in total. The Balaban J connectivity index is 1.36. The minimum Gasteiger partial charge on any atom is -0.497 e. The zero-order valence-electron chi connectivity index (χ0n) is 16.8. The van der Waals surface area contributed by atoms with Gasteiger partial charge in [-0.05, 0) is 54.1 Å². The molecule has 0 unspecified atom stereocenters. The Bertz CT molecular complexity index is 1170. The van der Waals surface area contributed by atoms with Gasteiger partial charge < -0.3 is 10.1 Å². The lowest BCUT2D eigenvalue weighted by molar-refractivity contribution is 0.102. The van der Waals surface area contributed by atoms with E-state index in [1.54, 1.807) is 25.5 Å². The van der Waals surface area contributed by atoms with E-state index in [1.807, 2.05) is 72.1 Å². The molecule has 0 spiro atoms. The molecule has 0 bridgehead atoms. The third-order valence-electron chi connectivity index (χ3n) is 4.47. The first-order valence-electron chi connectivity index (χ1n) is 9.57. The highest BCUT2D eigenvalue weighted by atomic mass is 32.1. The van der Waals surface area contributed by atoms with Gasteiger partial charge in [0.1, 0.15) is 5.75 Å². The van der Waals surface area contributed by atoms with Gasteiger partial charge >= 0.3 is 0 Å². The van der Waals surface area contributed by atoms with Gasteiger partial charge in [0.25, 0.3) is 5.91 Å². The quantitative estimate of drug-likeness (QED) is 0.300. The Morgan fingerprint density at radius 2 is 1.74 bits per heavy atom. The van der Waals surface area contributed by atoms with Crippen LogP contribution in [0.5, 0.6) is 5.75 Å². The van der Waals surface area contributed by atoms with Gasteiger partial charge in [-0.1, -0.05) is 30.3 Å². The highest BCUT2D eigenvalue weighted by molar-refractivity contribution is 7.14. The zero-order chi connectivity index (χ0) is 21.5. The average Bonchev–Trinajstić information content (AvgIpc) is 3.29. The maximum atomic E-state index is 12.3. The zero-order valence-corrected chi connectivity index (χ0v) is 17.6. The minimum absolute atomic E-state index is 0.136. The second kappa shape index (κ2) is 9.69. The van der Waals surface area contributed by atoms with Crippen LogP contribution in [-0.2, 0) is 0 Å². The number of hydrogen-bond acceptors (Lipinski definition) is 6. The summed E-state index contributed by atoms with van der Waals surface area (Å²) in [6, 6.07) is 24.3. The fraction of sp³-hybridized carbons (Fsp3) is 0.0417. The standard InChI is InChI=1S/C24H20N4O2S/c1-30-21-13-7-17(8-14-21)15-25-28-24-27-22(16-31-24)18-9-11-20(12-10-18)26-23(29)19-5-3-2-4-6-19/h2-16H,1H3,(H,26,29)(H,27,28)/b25-15-. The molecule has 0 aliphatic rings. The fourth-order valence-electron chi connectivity index (χ4n) is 2.83. The lowest BCUT2D eigenvalue weighted by atomic mass is 10.1. The van der Waals surface area contributed by atoms with Crippen molar-refractivity contribution in [3.8, 4) is 17.0 Å². The predicted octanol–water partition coefficient (Wildman–Crippen LogP) is 5.52. The molecule has 3 aromatic carbocycles. The van der Waals surface area contributed by atoms with Crippen molar-refractivity contribution in [1.29, 1.82) is 0 Å². The molecule has 1 aromatic heterocycles. The smallest absolute Gasteiger partial charge is 0.255 e. The first kappa shape index (κ1) is 20.3. The Labute approximate surface area is 184 Å². The number of ether oxygens (including phenoxy) is 1. The average molecular weight is 429 g/mol. The summed E-state index contributed by atoms with van der Waals surface area (Å²) in [5.41, 5.74) is 7.07. The summed E-state index contributed by atoms with van der Waals surface area (Å²) in [4.78, 5) is 16.8. The first-order chi connectivity index (χ1) is 15.2. The van der Waals surface area contributed by atoms with E-state index < -0.39 is 0 Å². The number of nitrogens with one attached hydrogen (secondary N) is 2. The molecule has 6 nitrogen and oxygen atoms in total. The van der Waals surface area contributed by atoms with Crippen LogP contribution in [0.3, 0.4) is 0 Å². The van der Waals surface area contributed by atoms with Crippen molar-refractivity contribution in [2.75, 3.05) is 17.9 Å². The van der Waals surface area contributed by atoms with E-state index in [4.69, 9.17) is 4.74 Å². The van der Waals surface area contributed by atoms with Gasteiger partial charge in [-0.15, -0.1) is 11.3 Å². The molecule has 4 rings (SSSR count). The Hall–Kier alpha value is -3.97. The number of hydrazone groups is 1. The van der Waals surface area contributed by atoms with E-state index in [2.05, 4.69) is 20.8 Å². The van der Waals surface area contributed by atoms with E-state index >= 15 is 0 Å². The summed E-state index contributed by atoms with van der Waals surface area (Å²) in [7, 11) is 1.64. The normalized spacial score (nSPS) is 10.7. The van der Waals surface area contributed by atoms with E-state index in [-0.39, 0.29) is 5.91 Å². The number of nitrogens with zero attached hydrogens (tertiary/aromatic N) is 2. The Morgan fingerprint density at radius 1 is 1.00 bits per heavy atom. The van der Waals surface area contributed by atoms with Crippen LogP contribution in [0.25, 0.3) is 11.3 Å². The maximum absolute atomic E-state index is 12.3. The number of hydrogen-bond donors (Lipinski definition) is 2. The van der Waals surface area contributed by atoms with Crippen LogP contribution in [0.15, 0.2) is 89.3 Å². The van der Waals surface area contributed by atoms with E-state index in [0.717, 1.165) is 28.3 Å². The lowest BCUT2D eigenvalue weighted by Gasteiger charge is -2.06. The number of carbonyl (C=O) groups excluding carboxylic acids is 1. The summed E-state index contributed by atoms with van der Waals surface area (Å²) >= 11 is 1.47. The van der Waals surface area contributed by atoms with Crippen molar-refractivity contribution in [3.05, 3.63) is 95.4 Å². The molecule has 4 aromatic rings. The molecular weight excluding hydrogens is 408 g/mol. The number of methoxy groups -OCH3 is 1. The van der Waals surface area contributed by atoms with Crippen molar-refractivity contribution in [1.82, 2.24) is 4.98 Å². The van der Waals surface area contributed by atoms with Gasteiger partial charge in [-0.25, -0.2) is 4.98 Å². The molecule has 0 aliphatic carbocycles. The molecule has 154 valence electrons. The highest BCUT2D eigenvalue weighted by Gasteiger charge is 2.07. The second-order valence-electron chi connectivity index (χ2n) is 6.58. The molecule has 7 heteroatoms. The molecule has 0 aliphatic heterocycles. The van der Waals surface area contributed by atoms with Crippen molar-refractivity contribution in [2.45, 2.75) is 0 Å². The van der Waals surface area contributed by atoms with Crippen molar-refractivity contribution < 1.29 is 9.53 Å². The van der Waals surface area contributed by atoms with Crippen LogP contribution in [-0.4, -0.2) is 24.2 Å². The number of rotatable bonds is 7. The van der Waals surface area contributed by atoms with Crippen LogP contribution in [0, 0.1) is 0 Å². The number of aromatic nitrogens is 1. The summed E-state index contributed by atoms with van der Waals surface area (Å²) in [5.74, 6) is 0.670. The Kier molecular flexibility index (Phi) is 6.35. The molecular formula is C24H20N4O2S. The van der Waals surface area contributed by atoms with E-state index in [0.29, 0.717) is 10.7 Å². The topological polar surface area (TPSA) is 75.6 Å². The van der Waals surface area contributed by atoms with Crippen molar-refractivity contribution in [2.24, 2.45) is 5.10 Å². The molecule has 1 amide bonds. The van der Waals surface area contributed by atoms with Gasteiger partial charge in [0.15, 0.2) is 0 Å². The number of amides is 1. The van der Waals surface area contributed by atoms with Gasteiger partial charge in [0, 0.05) is 22.2 Å². The number of benzene rings is 3. The third-order valence-corrected chi connectivity index (χ3v) is 5.22. The van der Waals surface area contributed by atoms with Crippen LogP contribution in [0.1, 0.15) is 15.9 Å². The lowest BCUT2D eigenvalue weighted by Crippen LogP contribution is -2.11. The molecule has 1 heterocycles. The fourth-order valence-corrected chi connectivity index (χ4v) is 3.50. The van der Waals surface area contributed by atoms with Crippen LogP contribution in [0.4, 0.5) is 10.8 Å². The molecule has 0 saturated carbocycles. The summed E-state index contributed by atoms with van der Waals surface area (Å²) in [6.07, 6.45) is 1.73. The monoisotopic (exact) mass is 428 g/mol. The second-order valence-corrected chi connectivity index (χ2v) is 7.44. The van der Waals surface area contributed by atoms with E-state index in [1.165, 1.54) is 11.3 Å². The summed E-state index contributed by atoms with van der Waals surface area (Å²) in [5, 5.41) is 9.79.